The van der Waals surface area contributed by atoms with Crippen molar-refractivity contribution < 1.29 is 4.39 Å². The van der Waals surface area contributed by atoms with Gasteiger partial charge in [0.2, 0.25) is 0 Å². The van der Waals surface area contributed by atoms with E-state index in [1.165, 1.54) is 23.5 Å². The maximum Gasteiger partial charge on any atom is 0.173 e. The van der Waals surface area contributed by atoms with Crippen molar-refractivity contribution in [3.8, 4) is 10.7 Å². The van der Waals surface area contributed by atoms with Gasteiger partial charge in [-0.3, -0.25) is 0 Å². The second-order valence-electron chi connectivity index (χ2n) is 4.40. The quantitative estimate of drug-likeness (QED) is 0.658. The lowest BCUT2D eigenvalue weighted by molar-refractivity contribution is 0.627. The van der Waals surface area contributed by atoms with Crippen LogP contribution in [0.2, 0.25) is 5.15 Å². The summed E-state index contributed by atoms with van der Waals surface area (Å²) in [4.78, 5) is 13.9. The molecule has 0 amide bonds. The average molecular weight is 308 g/mol. The number of fused-ring (bicyclic) bond motifs is 1. The number of thiazole rings is 1. The first-order valence-corrected chi connectivity index (χ1v) is 7.36. The highest BCUT2D eigenvalue weighted by atomic mass is 35.5. The predicted octanol–water partition coefficient (Wildman–Crippen LogP) is 4.42. The van der Waals surface area contributed by atoms with Crippen LogP contribution < -0.4 is 0 Å². The van der Waals surface area contributed by atoms with E-state index in [0.717, 1.165) is 15.4 Å². The van der Waals surface area contributed by atoms with E-state index < -0.39 is 0 Å². The lowest BCUT2D eigenvalue weighted by Gasteiger charge is -2.07. The van der Waals surface area contributed by atoms with Crippen LogP contribution in [0, 0.1) is 12.7 Å². The Morgan fingerprint density at radius 1 is 1.30 bits per heavy atom. The number of nitrogens with zero attached hydrogens (tertiary/aromatic N) is 3. The van der Waals surface area contributed by atoms with Crippen LogP contribution in [-0.4, -0.2) is 15.0 Å². The zero-order valence-corrected chi connectivity index (χ0v) is 12.5. The van der Waals surface area contributed by atoms with Crippen LogP contribution in [0.1, 0.15) is 17.5 Å². The maximum absolute atomic E-state index is 13.6. The van der Waals surface area contributed by atoms with Crippen molar-refractivity contribution >= 4 is 33.8 Å². The molecule has 3 nitrogen and oxygen atoms in total. The minimum absolute atomic E-state index is 0.269. The van der Waals surface area contributed by atoms with Crippen molar-refractivity contribution in [1.29, 1.82) is 0 Å². The van der Waals surface area contributed by atoms with Crippen molar-refractivity contribution in [3.63, 3.8) is 0 Å². The van der Waals surface area contributed by atoms with Crippen LogP contribution in [0.25, 0.3) is 21.6 Å². The Kier molecular flexibility index (Phi) is 3.40. The predicted molar refractivity (Wildman–Crippen MR) is 79.7 cm³/mol. The van der Waals surface area contributed by atoms with Crippen molar-refractivity contribution in [2.45, 2.75) is 20.3 Å². The molecule has 1 aromatic carbocycles. The highest BCUT2D eigenvalue weighted by Gasteiger charge is 2.13. The topological polar surface area (TPSA) is 38.7 Å². The molecule has 0 bridgehead atoms. The van der Waals surface area contributed by atoms with Gasteiger partial charge in [0.25, 0.3) is 0 Å². The van der Waals surface area contributed by atoms with Gasteiger partial charge in [-0.2, -0.15) is 0 Å². The number of hydrogen-bond donors (Lipinski definition) is 0. The minimum atomic E-state index is -0.318. The Morgan fingerprint density at radius 2 is 2.10 bits per heavy atom. The molecule has 2 aromatic heterocycles. The van der Waals surface area contributed by atoms with Crippen LogP contribution in [0.3, 0.4) is 0 Å². The van der Waals surface area contributed by atoms with Crippen LogP contribution in [0.4, 0.5) is 4.39 Å². The standard InChI is InChI=1S/C14H11ClFN3S/c1-3-8-4-9(16)5-10-12(8)18-14(19-13(10)15)11-6-17-7(2)20-11/h4-6H,3H2,1-2H3. The van der Waals surface area contributed by atoms with E-state index in [4.69, 9.17) is 11.6 Å². The van der Waals surface area contributed by atoms with Crippen LogP contribution in [-0.2, 0) is 6.42 Å². The summed E-state index contributed by atoms with van der Waals surface area (Å²) < 4.78 is 13.6. The Labute approximate surface area is 124 Å². The number of rotatable bonds is 2. The highest BCUT2D eigenvalue weighted by Crippen LogP contribution is 2.30. The zero-order chi connectivity index (χ0) is 14.3. The van der Waals surface area contributed by atoms with Gasteiger partial charge in [-0.25, -0.2) is 19.3 Å². The van der Waals surface area contributed by atoms with Gasteiger partial charge in [0.15, 0.2) is 5.82 Å². The van der Waals surface area contributed by atoms with Crippen molar-refractivity contribution in [2.24, 2.45) is 0 Å². The van der Waals surface area contributed by atoms with E-state index >= 15 is 0 Å². The normalized spacial score (nSPS) is 11.2. The number of aryl methyl sites for hydroxylation is 2. The summed E-state index contributed by atoms with van der Waals surface area (Å²) in [5.74, 6) is 0.218. The Bertz CT molecular complexity index is 800. The summed E-state index contributed by atoms with van der Waals surface area (Å²) >= 11 is 7.69. The first kappa shape index (κ1) is 13.4. The molecule has 0 aliphatic rings. The third kappa shape index (κ3) is 2.27. The third-order valence-electron chi connectivity index (χ3n) is 3.02. The summed E-state index contributed by atoms with van der Waals surface area (Å²) in [6.45, 7) is 3.88. The third-order valence-corrected chi connectivity index (χ3v) is 4.22. The summed E-state index contributed by atoms with van der Waals surface area (Å²) in [5, 5.41) is 1.76. The summed E-state index contributed by atoms with van der Waals surface area (Å²) in [5.41, 5.74) is 1.53. The first-order valence-electron chi connectivity index (χ1n) is 6.17. The molecule has 0 radical (unpaired) electrons. The molecule has 3 rings (SSSR count). The van der Waals surface area contributed by atoms with Gasteiger partial charge in [-0.1, -0.05) is 18.5 Å². The zero-order valence-electron chi connectivity index (χ0n) is 10.9. The Hall–Kier alpha value is -1.59. The number of halogens is 2. The lowest BCUT2D eigenvalue weighted by atomic mass is 10.1. The van der Waals surface area contributed by atoms with Gasteiger partial charge in [-0.05, 0) is 31.0 Å². The molecule has 0 fully saturated rings. The highest BCUT2D eigenvalue weighted by molar-refractivity contribution is 7.14. The fourth-order valence-corrected chi connectivity index (χ4v) is 3.01. The second-order valence-corrected chi connectivity index (χ2v) is 5.99. The van der Waals surface area contributed by atoms with Crippen LogP contribution >= 0.6 is 22.9 Å². The molecule has 0 saturated carbocycles. The Balaban J connectivity index is 2.30. The van der Waals surface area contributed by atoms with Gasteiger partial charge in [0.05, 0.1) is 15.4 Å². The molecular formula is C14H11ClFN3S. The Morgan fingerprint density at radius 3 is 2.75 bits per heavy atom. The van der Waals surface area contributed by atoms with E-state index in [1.54, 1.807) is 6.20 Å². The number of benzene rings is 1. The number of aromatic nitrogens is 3. The van der Waals surface area contributed by atoms with E-state index in [1.807, 2.05) is 13.8 Å². The van der Waals surface area contributed by atoms with E-state index in [2.05, 4.69) is 15.0 Å². The van der Waals surface area contributed by atoms with Gasteiger partial charge < -0.3 is 0 Å². The maximum atomic E-state index is 13.6. The van der Waals surface area contributed by atoms with Crippen molar-refractivity contribution in [1.82, 2.24) is 15.0 Å². The molecule has 0 spiro atoms. The fourth-order valence-electron chi connectivity index (χ4n) is 2.07. The molecule has 2 heterocycles. The van der Waals surface area contributed by atoms with E-state index in [9.17, 15) is 4.39 Å². The summed E-state index contributed by atoms with van der Waals surface area (Å²) in [7, 11) is 0. The molecule has 20 heavy (non-hydrogen) atoms. The molecule has 0 N–H and O–H groups in total. The monoisotopic (exact) mass is 307 g/mol. The van der Waals surface area contributed by atoms with Crippen LogP contribution in [0.5, 0.6) is 0 Å². The summed E-state index contributed by atoms with van der Waals surface area (Å²) in [6, 6.07) is 2.87. The van der Waals surface area contributed by atoms with E-state index in [-0.39, 0.29) is 11.0 Å². The smallest absolute Gasteiger partial charge is 0.173 e. The van der Waals surface area contributed by atoms with Gasteiger partial charge in [-0.15, -0.1) is 11.3 Å². The van der Waals surface area contributed by atoms with Crippen molar-refractivity contribution in [2.75, 3.05) is 0 Å². The van der Waals surface area contributed by atoms with Gasteiger partial charge in [0.1, 0.15) is 11.0 Å². The molecule has 6 heteroatoms. The minimum Gasteiger partial charge on any atom is -0.249 e. The largest absolute Gasteiger partial charge is 0.249 e. The molecule has 0 atom stereocenters. The second kappa shape index (κ2) is 5.07. The van der Waals surface area contributed by atoms with E-state index in [0.29, 0.717) is 23.1 Å². The van der Waals surface area contributed by atoms with Gasteiger partial charge >= 0.3 is 0 Å². The molecule has 0 saturated heterocycles. The van der Waals surface area contributed by atoms with Gasteiger partial charge in [0, 0.05) is 11.6 Å². The number of hydrogen-bond acceptors (Lipinski definition) is 4. The molecule has 0 aliphatic heterocycles. The first-order chi connectivity index (χ1) is 9.58. The molecule has 0 aliphatic carbocycles. The fraction of sp³-hybridized carbons (Fsp3) is 0.214. The van der Waals surface area contributed by atoms with Crippen molar-refractivity contribution in [3.05, 3.63) is 39.9 Å². The average Bonchev–Trinajstić information content (AvgIpc) is 2.85. The molecule has 3 aromatic rings. The molecular weight excluding hydrogens is 297 g/mol. The lowest BCUT2D eigenvalue weighted by Crippen LogP contribution is -1.95. The van der Waals surface area contributed by atoms with Crippen LogP contribution in [0.15, 0.2) is 18.3 Å². The SMILES string of the molecule is CCc1cc(F)cc2c(Cl)nc(-c3cnc(C)s3)nc12. The summed E-state index contributed by atoms with van der Waals surface area (Å²) in [6.07, 6.45) is 2.41. The molecule has 0 unspecified atom stereocenters. The molecule has 102 valence electrons.